The zero-order chi connectivity index (χ0) is 21.7. The van der Waals surface area contributed by atoms with Crippen LogP contribution in [0.3, 0.4) is 0 Å². The van der Waals surface area contributed by atoms with E-state index in [1.165, 1.54) is 62.8 Å². The highest BCUT2D eigenvalue weighted by molar-refractivity contribution is 7.92. The number of halogens is 1. The van der Waals surface area contributed by atoms with Gasteiger partial charge in [-0.15, -0.1) is 0 Å². The number of ether oxygens (including phenoxy) is 2. The van der Waals surface area contributed by atoms with Crippen LogP contribution in [0, 0.1) is 0 Å². The van der Waals surface area contributed by atoms with E-state index in [0.29, 0.717) is 33.5 Å². The summed E-state index contributed by atoms with van der Waals surface area (Å²) in [6.45, 7) is 0. The largest absolute Gasteiger partial charge is 0.493 e. The molecule has 7 nitrogen and oxygen atoms in total. The van der Waals surface area contributed by atoms with Gasteiger partial charge in [-0.25, -0.2) is 8.42 Å². The number of methoxy groups -OCH3 is 2. The Morgan fingerprint density at radius 2 is 1.43 bits per heavy atom. The van der Waals surface area contributed by atoms with Crippen LogP contribution in [0.25, 0.3) is 0 Å². The first-order chi connectivity index (χ1) is 14.3. The Labute approximate surface area is 179 Å². The molecule has 1 amide bonds. The van der Waals surface area contributed by atoms with Crippen LogP contribution in [-0.2, 0) is 10.0 Å². The molecular weight excluding hydrogens is 428 g/mol. The molecule has 3 aromatic carbocycles. The number of nitrogens with one attached hydrogen (secondary N) is 2. The Bertz CT molecular complexity index is 1150. The van der Waals surface area contributed by atoms with Gasteiger partial charge in [0.25, 0.3) is 15.9 Å². The summed E-state index contributed by atoms with van der Waals surface area (Å²) in [7, 11) is -0.727. The molecule has 156 valence electrons. The minimum atomic E-state index is -3.76. The van der Waals surface area contributed by atoms with Crippen LogP contribution in [0.1, 0.15) is 10.4 Å². The Morgan fingerprint density at radius 1 is 0.833 bits per heavy atom. The number of hydrogen-bond acceptors (Lipinski definition) is 5. The van der Waals surface area contributed by atoms with E-state index in [2.05, 4.69) is 10.0 Å². The molecule has 0 aliphatic rings. The zero-order valence-corrected chi connectivity index (χ0v) is 17.8. The summed E-state index contributed by atoms with van der Waals surface area (Å²) in [4.78, 5) is 12.6. The second-order valence-corrected chi connectivity index (χ2v) is 8.28. The first-order valence-corrected chi connectivity index (χ1v) is 10.6. The van der Waals surface area contributed by atoms with Gasteiger partial charge in [0.15, 0.2) is 11.5 Å². The molecule has 0 spiro atoms. The summed E-state index contributed by atoms with van der Waals surface area (Å²) in [6, 6.07) is 16.9. The number of carbonyl (C=O) groups excluding carboxylic acids is 1. The van der Waals surface area contributed by atoms with Crippen LogP contribution in [0.4, 0.5) is 11.4 Å². The van der Waals surface area contributed by atoms with E-state index >= 15 is 0 Å². The standard InChI is InChI=1S/C21H19ClN2O5S/c1-28-19-12-9-17(13-20(19)29-2)23-21(25)14-3-7-16(8-4-14)24-30(26,27)18-10-5-15(22)6-11-18/h3-13,24H,1-2H3,(H,23,25). The minimum absolute atomic E-state index is 0.0853. The van der Waals surface area contributed by atoms with Crippen LogP contribution in [0.2, 0.25) is 5.02 Å². The van der Waals surface area contributed by atoms with Crippen LogP contribution in [-0.4, -0.2) is 28.5 Å². The lowest BCUT2D eigenvalue weighted by atomic mass is 10.2. The maximum absolute atomic E-state index is 12.5. The molecule has 0 unspecified atom stereocenters. The highest BCUT2D eigenvalue weighted by atomic mass is 35.5. The normalized spacial score (nSPS) is 10.9. The summed E-state index contributed by atoms with van der Waals surface area (Å²) < 4.78 is 37.7. The van der Waals surface area contributed by atoms with Gasteiger partial charge in [-0.3, -0.25) is 9.52 Å². The molecule has 0 aliphatic heterocycles. The van der Waals surface area contributed by atoms with Crippen molar-refractivity contribution in [3.8, 4) is 11.5 Å². The molecule has 0 atom stereocenters. The summed E-state index contributed by atoms with van der Waals surface area (Å²) in [6.07, 6.45) is 0. The van der Waals surface area contributed by atoms with Gasteiger partial charge in [0.1, 0.15) is 0 Å². The molecule has 0 heterocycles. The number of rotatable bonds is 7. The molecule has 0 aromatic heterocycles. The fourth-order valence-corrected chi connectivity index (χ4v) is 3.82. The average Bonchev–Trinajstić information content (AvgIpc) is 2.74. The molecular formula is C21H19ClN2O5S. The Morgan fingerprint density at radius 3 is 2.03 bits per heavy atom. The quantitative estimate of drug-likeness (QED) is 0.560. The topological polar surface area (TPSA) is 93.7 Å². The van der Waals surface area contributed by atoms with Gasteiger partial charge in [0, 0.05) is 28.0 Å². The number of carbonyl (C=O) groups is 1. The minimum Gasteiger partial charge on any atom is -0.493 e. The second-order valence-electron chi connectivity index (χ2n) is 6.16. The van der Waals surface area contributed by atoms with Gasteiger partial charge in [-0.2, -0.15) is 0 Å². The predicted molar refractivity (Wildman–Crippen MR) is 116 cm³/mol. The maximum Gasteiger partial charge on any atom is 0.261 e. The Hall–Kier alpha value is -3.23. The van der Waals surface area contributed by atoms with Gasteiger partial charge >= 0.3 is 0 Å². The average molecular weight is 447 g/mol. The first kappa shape index (κ1) is 21.5. The van der Waals surface area contributed by atoms with Crippen molar-refractivity contribution < 1.29 is 22.7 Å². The molecule has 0 fully saturated rings. The van der Waals surface area contributed by atoms with Gasteiger partial charge in [0.05, 0.1) is 19.1 Å². The third-order valence-electron chi connectivity index (χ3n) is 4.16. The van der Waals surface area contributed by atoms with Gasteiger partial charge in [-0.1, -0.05) is 11.6 Å². The smallest absolute Gasteiger partial charge is 0.261 e. The molecule has 0 saturated heterocycles. The van der Waals surface area contributed by atoms with E-state index < -0.39 is 10.0 Å². The van der Waals surface area contributed by atoms with E-state index in [9.17, 15) is 13.2 Å². The number of sulfonamides is 1. The summed E-state index contributed by atoms with van der Waals surface area (Å²) in [5.41, 5.74) is 1.22. The fourth-order valence-electron chi connectivity index (χ4n) is 2.63. The lowest BCUT2D eigenvalue weighted by molar-refractivity contribution is 0.102. The van der Waals surface area contributed by atoms with Gasteiger partial charge < -0.3 is 14.8 Å². The third kappa shape index (κ3) is 5.03. The number of amides is 1. The van der Waals surface area contributed by atoms with E-state index in [-0.39, 0.29) is 10.8 Å². The molecule has 2 N–H and O–H groups in total. The molecule has 30 heavy (non-hydrogen) atoms. The molecule has 0 aliphatic carbocycles. The van der Waals surface area contributed by atoms with Crippen molar-refractivity contribution in [2.24, 2.45) is 0 Å². The van der Waals surface area contributed by atoms with Crippen molar-refractivity contribution in [3.63, 3.8) is 0 Å². The summed E-state index contributed by atoms with van der Waals surface area (Å²) in [5.74, 6) is 0.685. The van der Waals surface area contributed by atoms with Crippen molar-refractivity contribution in [3.05, 3.63) is 77.3 Å². The van der Waals surface area contributed by atoms with Crippen molar-refractivity contribution in [2.75, 3.05) is 24.3 Å². The number of hydrogen-bond donors (Lipinski definition) is 2. The van der Waals surface area contributed by atoms with Crippen molar-refractivity contribution in [1.82, 2.24) is 0 Å². The molecule has 0 radical (unpaired) electrons. The molecule has 3 rings (SSSR count). The Balaban J connectivity index is 1.70. The van der Waals surface area contributed by atoms with Crippen molar-refractivity contribution in [2.45, 2.75) is 4.90 Å². The van der Waals surface area contributed by atoms with E-state index in [1.54, 1.807) is 18.2 Å². The van der Waals surface area contributed by atoms with E-state index in [0.717, 1.165) is 0 Å². The highest BCUT2D eigenvalue weighted by Crippen LogP contribution is 2.30. The van der Waals surface area contributed by atoms with Gasteiger partial charge in [0.2, 0.25) is 0 Å². The van der Waals surface area contributed by atoms with Gasteiger partial charge in [-0.05, 0) is 60.7 Å². The SMILES string of the molecule is COc1ccc(NC(=O)c2ccc(NS(=O)(=O)c3ccc(Cl)cc3)cc2)cc1OC. The van der Waals surface area contributed by atoms with Crippen LogP contribution in [0.5, 0.6) is 11.5 Å². The highest BCUT2D eigenvalue weighted by Gasteiger charge is 2.15. The number of anilines is 2. The Kier molecular flexibility index (Phi) is 6.49. The van der Waals surface area contributed by atoms with E-state index in [1.807, 2.05) is 0 Å². The third-order valence-corrected chi connectivity index (χ3v) is 5.81. The van der Waals surface area contributed by atoms with Crippen LogP contribution >= 0.6 is 11.6 Å². The lowest BCUT2D eigenvalue weighted by Crippen LogP contribution is -2.14. The molecule has 0 saturated carbocycles. The molecule has 0 bridgehead atoms. The zero-order valence-electron chi connectivity index (χ0n) is 16.2. The lowest BCUT2D eigenvalue weighted by Gasteiger charge is -2.11. The summed E-state index contributed by atoms with van der Waals surface area (Å²) in [5, 5.41) is 3.20. The van der Waals surface area contributed by atoms with Crippen LogP contribution < -0.4 is 19.5 Å². The summed E-state index contributed by atoms with van der Waals surface area (Å²) >= 11 is 5.79. The number of benzene rings is 3. The first-order valence-electron chi connectivity index (χ1n) is 8.74. The van der Waals surface area contributed by atoms with Crippen LogP contribution in [0.15, 0.2) is 71.6 Å². The fraction of sp³-hybridized carbons (Fsp3) is 0.0952. The molecule has 9 heteroatoms. The second kappa shape index (κ2) is 9.06. The molecule has 3 aromatic rings. The van der Waals surface area contributed by atoms with Crippen molar-refractivity contribution >= 4 is 38.9 Å². The maximum atomic E-state index is 12.5. The predicted octanol–water partition coefficient (Wildman–Crippen LogP) is 4.41. The monoisotopic (exact) mass is 446 g/mol. The van der Waals surface area contributed by atoms with E-state index in [4.69, 9.17) is 21.1 Å². The van der Waals surface area contributed by atoms with Crippen molar-refractivity contribution in [1.29, 1.82) is 0 Å².